The van der Waals surface area contributed by atoms with Crippen molar-refractivity contribution in [3.63, 3.8) is 0 Å². The molecule has 1 aliphatic rings. The fourth-order valence-corrected chi connectivity index (χ4v) is 2.34. The number of piperidine rings is 1. The number of carboxylic acids is 1. The maximum Gasteiger partial charge on any atom is 0.317 e. The summed E-state index contributed by atoms with van der Waals surface area (Å²) in [6, 6.07) is -0.310. The van der Waals surface area contributed by atoms with Gasteiger partial charge in [0, 0.05) is 32.3 Å². The molecule has 6 nitrogen and oxygen atoms in total. The Bertz CT molecular complexity index is 309. The van der Waals surface area contributed by atoms with E-state index in [1.165, 1.54) is 0 Å². The normalized spacial score (nSPS) is 20.9. The Morgan fingerprint density at radius 3 is 2.84 bits per heavy atom. The lowest BCUT2D eigenvalue weighted by atomic mass is 10.00. The highest BCUT2D eigenvalue weighted by atomic mass is 16.5. The molecule has 2 amide bonds. The number of aliphatic carboxylic acids is 1. The number of carbonyl (C=O) groups excluding carboxylic acids is 1. The quantitative estimate of drug-likeness (QED) is 0.767. The fourth-order valence-electron chi connectivity index (χ4n) is 2.34. The number of hydrogen-bond donors (Lipinski definition) is 2. The van der Waals surface area contributed by atoms with Gasteiger partial charge < -0.3 is 20.1 Å². The van der Waals surface area contributed by atoms with Crippen molar-refractivity contribution in [3.8, 4) is 0 Å². The van der Waals surface area contributed by atoms with Crippen LogP contribution in [0.25, 0.3) is 0 Å². The van der Waals surface area contributed by atoms with Crippen LogP contribution in [0, 0.1) is 0 Å². The number of carbonyl (C=O) groups is 2. The van der Waals surface area contributed by atoms with E-state index in [1.807, 2.05) is 6.92 Å². The van der Waals surface area contributed by atoms with E-state index in [4.69, 9.17) is 9.84 Å². The maximum absolute atomic E-state index is 12.1. The molecule has 19 heavy (non-hydrogen) atoms. The van der Waals surface area contributed by atoms with E-state index in [1.54, 1.807) is 12.0 Å². The minimum absolute atomic E-state index is 0.0276. The van der Waals surface area contributed by atoms with Crippen LogP contribution in [-0.2, 0) is 9.53 Å². The van der Waals surface area contributed by atoms with Crippen molar-refractivity contribution in [1.82, 2.24) is 10.2 Å². The molecule has 0 aromatic heterocycles. The van der Waals surface area contributed by atoms with E-state index >= 15 is 0 Å². The van der Waals surface area contributed by atoms with Gasteiger partial charge in [-0.25, -0.2) is 4.79 Å². The molecule has 0 aliphatic carbocycles. The van der Waals surface area contributed by atoms with Gasteiger partial charge in [-0.3, -0.25) is 4.79 Å². The number of urea groups is 1. The lowest BCUT2D eigenvalue weighted by Gasteiger charge is -2.35. The maximum atomic E-state index is 12.1. The first-order valence-corrected chi connectivity index (χ1v) is 6.82. The molecule has 1 heterocycles. The van der Waals surface area contributed by atoms with Crippen molar-refractivity contribution in [2.75, 3.05) is 20.3 Å². The van der Waals surface area contributed by atoms with E-state index in [9.17, 15) is 9.59 Å². The number of methoxy groups -OCH3 is 1. The molecule has 1 saturated heterocycles. The highest BCUT2D eigenvalue weighted by molar-refractivity contribution is 5.76. The van der Waals surface area contributed by atoms with Crippen LogP contribution in [-0.4, -0.2) is 54.4 Å². The van der Waals surface area contributed by atoms with Gasteiger partial charge in [0.05, 0.1) is 6.42 Å². The highest BCUT2D eigenvalue weighted by Crippen LogP contribution is 2.19. The SMILES string of the molecule is COCCC(C)NC(=O)N1CCCCC1CC(=O)O. The van der Waals surface area contributed by atoms with E-state index in [0.29, 0.717) is 13.2 Å². The largest absolute Gasteiger partial charge is 0.481 e. The molecule has 2 N–H and O–H groups in total. The molecule has 110 valence electrons. The molecule has 0 spiro atoms. The third-order valence-electron chi connectivity index (χ3n) is 3.42. The highest BCUT2D eigenvalue weighted by Gasteiger charge is 2.28. The van der Waals surface area contributed by atoms with Gasteiger partial charge in [0.15, 0.2) is 0 Å². The Labute approximate surface area is 114 Å². The van der Waals surface area contributed by atoms with Gasteiger partial charge in [0.2, 0.25) is 0 Å². The molecule has 0 aromatic carbocycles. The van der Waals surface area contributed by atoms with E-state index in [2.05, 4.69) is 5.32 Å². The van der Waals surface area contributed by atoms with Gasteiger partial charge in [0.1, 0.15) is 0 Å². The summed E-state index contributed by atoms with van der Waals surface area (Å²) in [4.78, 5) is 24.6. The molecule has 0 saturated carbocycles. The second-order valence-corrected chi connectivity index (χ2v) is 5.07. The number of amides is 2. The van der Waals surface area contributed by atoms with Gasteiger partial charge >= 0.3 is 12.0 Å². The topological polar surface area (TPSA) is 78.9 Å². The summed E-state index contributed by atoms with van der Waals surface area (Å²) < 4.78 is 4.97. The first kappa shape index (κ1) is 15.8. The van der Waals surface area contributed by atoms with E-state index in [0.717, 1.165) is 25.7 Å². The number of likely N-dealkylation sites (tertiary alicyclic amines) is 1. The number of ether oxygens (including phenoxy) is 1. The third-order valence-corrected chi connectivity index (χ3v) is 3.42. The summed E-state index contributed by atoms with van der Waals surface area (Å²) in [6.45, 7) is 3.16. The zero-order valence-corrected chi connectivity index (χ0v) is 11.7. The summed E-state index contributed by atoms with van der Waals surface area (Å²) >= 11 is 0. The van der Waals surface area contributed by atoms with Crippen molar-refractivity contribution < 1.29 is 19.4 Å². The van der Waals surface area contributed by atoms with Crippen LogP contribution in [0.5, 0.6) is 0 Å². The lowest BCUT2D eigenvalue weighted by Crippen LogP contribution is -2.51. The van der Waals surface area contributed by atoms with Crippen LogP contribution >= 0.6 is 0 Å². The van der Waals surface area contributed by atoms with Crippen molar-refractivity contribution in [2.24, 2.45) is 0 Å². The van der Waals surface area contributed by atoms with Crippen LogP contribution in [0.2, 0.25) is 0 Å². The Morgan fingerprint density at radius 1 is 1.47 bits per heavy atom. The average molecular weight is 272 g/mol. The molecule has 0 radical (unpaired) electrons. The molecular weight excluding hydrogens is 248 g/mol. The van der Waals surface area contributed by atoms with Crippen molar-refractivity contribution in [1.29, 1.82) is 0 Å². The van der Waals surface area contributed by atoms with Crippen LogP contribution < -0.4 is 5.32 Å². The molecule has 0 bridgehead atoms. The van der Waals surface area contributed by atoms with E-state index in [-0.39, 0.29) is 24.5 Å². The van der Waals surface area contributed by atoms with E-state index < -0.39 is 5.97 Å². The number of rotatable bonds is 6. The minimum Gasteiger partial charge on any atom is -0.481 e. The molecule has 6 heteroatoms. The molecule has 0 aromatic rings. The zero-order valence-electron chi connectivity index (χ0n) is 11.7. The predicted octanol–water partition coefficient (Wildman–Crippen LogP) is 1.45. The summed E-state index contributed by atoms with van der Waals surface area (Å²) in [6.07, 6.45) is 3.47. The first-order valence-electron chi connectivity index (χ1n) is 6.82. The van der Waals surface area contributed by atoms with Gasteiger partial charge in [-0.1, -0.05) is 0 Å². The van der Waals surface area contributed by atoms with Gasteiger partial charge in [-0.05, 0) is 32.6 Å². The van der Waals surface area contributed by atoms with Crippen LogP contribution in [0.3, 0.4) is 0 Å². The molecular formula is C13H24N2O4. The zero-order chi connectivity index (χ0) is 14.3. The Morgan fingerprint density at radius 2 is 2.21 bits per heavy atom. The van der Waals surface area contributed by atoms with Crippen molar-refractivity contribution in [2.45, 2.75) is 51.1 Å². The van der Waals surface area contributed by atoms with Crippen molar-refractivity contribution >= 4 is 12.0 Å². The Hall–Kier alpha value is -1.30. The van der Waals surface area contributed by atoms with Crippen molar-refractivity contribution in [3.05, 3.63) is 0 Å². The molecule has 2 unspecified atom stereocenters. The fraction of sp³-hybridized carbons (Fsp3) is 0.846. The number of nitrogens with zero attached hydrogens (tertiary/aromatic N) is 1. The smallest absolute Gasteiger partial charge is 0.317 e. The Kier molecular flexibility index (Phi) is 6.62. The summed E-state index contributed by atoms with van der Waals surface area (Å²) in [7, 11) is 1.63. The van der Waals surface area contributed by atoms with Gasteiger partial charge in [-0.15, -0.1) is 0 Å². The molecule has 1 fully saturated rings. The first-order chi connectivity index (χ1) is 9.04. The minimum atomic E-state index is -0.850. The Balaban J connectivity index is 2.49. The summed E-state index contributed by atoms with van der Waals surface area (Å²) in [5.41, 5.74) is 0. The van der Waals surface area contributed by atoms with Crippen LogP contribution in [0.4, 0.5) is 4.79 Å². The summed E-state index contributed by atoms with van der Waals surface area (Å²) in [5, 5.41) is 11.8. The van der Waals surface area contributed by atoms with Crippen LogP contribution in [0.1, 0.15) is 39.0 Å². The lowest BCUT2D eigenvalue weighted by molar-refractivity contribution is -0.138. The second-order valence-electron chi connectivity index (χ2n) is 5.07. The van der Waals surface area contributed by atoms with Crippen LogP contribution in [0.15, 0.2) is 0 Å². The second kappa shape index (κ2) is 7.99. The molecule has 2 atom stereocenters. The van der Waals surface area contributed by atoms with Gasteiger partial charge in [-0.2, -0.15) is 0 Å². The standard InChI is InChI=1S/C13H24N2O4/c1-10(6-8-19-2)14-13(18)15-7-4-3-5-11(15)9-12(16)17/h10-11H,3-9H2,1-2H3,(H,14,18)(H,16,17). The average Bonchev–Trinajstić information content (AvgIpc) is 2.36. The summed E-state index contributed by atoms with van der Waals surface area (Å²) in [5.74, 6) is -0.850. The molecule has 1 aliphatic heterocycles. The number of carboxylic acid groups (broad SMARTS) is 1. The monoisotopic (exact) mass is 272 g/mol. The third kappa shape index (κ3) is 5.46. The molecule has 1 rings (SSSR count). The predicted molar refractivity (Wildman–Crippen MR) is 71.1 cm³/mol. The number of nitrogens with one attached hydrogen (secondary N) is 1. The number of hydrogen-bond acceptors (Lipinski definition) is 3. The van der Waals surface area contributed by atoms with Gasteiger partial charge in [0.25, 0.3) is 0 Å².